The van der Waals surface area contributed by atoms with Gasteiger partial charge in [0.2, 0.25) is 11.7 Å². The second-order valence-corrected chi connectivity index (χ2v) is 6.85. The van der Waals surface area contributed by atoms with Gasteiger partial charge in [-0.2, -0.15) is 4.98 Å². The first kappa shape index (κ1) is 18.4. The first-order valence-electron chi connectivity index (χ1n) is 8.09. The van der Waals surface area contributed by atoms with Crippen LogP contribution in [0.15, 0.2) is 53.1 Å². The van der Waals surface area contributed by atoms with Crippen molar-refractivity contribution in [1.82, 2.24) is 15.0 Å². The van der Waals surface area contributed by atoms with E-state index in [0.29, 0.717) is 27.3 Å². The Labute approximate surface area is 161 Å². The van der Waals surface area contributed by atoms with Gasteiger partial charge in [-0.3, -0.25) is 4.79 Å². The number of carbonyl (C=O) groups excluding carboxylic acids is 1. The topological polar surface area (TPSA) is 59.2 Å². The molecule has 1 heterocycles. The van der Waals surface area contributed by atoms with Gasteiger partial charge in [-0.05, 0) is 32.0 Å². The largest absolute Gasteiger partial charge is 0.337 e. The summed E-state index contributed by atoms with van der Waals surface area (Å²) in [7, 11) is 0. The van der Waals surface area contributed by atoms with Crippen LogP contribution in [0.4, 0.5) is 0 Å². The molecule has 0 aliphatic heterocycles. The summed E-state index contributed by atoms with van der Waals surface area (Å²) in [5, 5.41) is 4.74. The van der Waals surface area contributed by atoms with Crippen molar-refractivity contribution in [3.8, 4) is 11.4 Å². The third kappa shape index (κ3) is 4.06. The van der Waals surface area contributed by atoms with Gasteiger partial charge in [0.15, 0.2) is 0 Å². The molecule has 0 N–H and O–H groups in total. The van der Waals surface area contributed by atoms with E-state index in [1.54, 1.807) is 23.1 Å². The summed E-state index contributed by atoms with van der Waals surface area (Å²) in [6.45, 7) is 4.05. The minimum atomic E-state index is -0.182. The van der Waals surface area contributed by atoms with Crippen molar-refractivity contribution in [3.05, 3.63) is 70.0 Å². The predicted molar refractivity (Wildman–Crippen MR) is 101 cm³/mol. The molecule has 0 spiro atoms. The van der Waals surface area contributed by atoms with Crippen LogP contribution in [0, 0.1) is 0 Å². The summed E-state index contributed by atoms with van der Waals surface area (Å²) >= 11 is 12.0. The van der Waals surface area contributed by atoms with E-state index in [0.717, 1.165) is 5.56 Å². The summed E-state index contributed by atoms with van der Waals surface area (Å²) in [4.78, 5) is 18.9. The Kier molecular flexibility index (Phi) is 5.59. The molecule has 1 amide bonds. The van der Waals surface area contributed by atoms with Gasteiger partial charge < -0.3 is 9.42 Å². The second-order valence-electron chi connectivity index (χ2n) is 6.03. The standard InChI is InChI=1S/C19H17Cl2N3O2/c1-12(2)24(19(25)14-8-9-15(20)16(21)10-14)11-17-22-18(23-26-17)13-6-4-3-5-7-13/h3-10,12H,11H2,1-2H3. The average Bonchev–Trinajstić information content (AvgIpc) is 3.11. The molecule has 2 aromatic carbocycles. The summed E-state index contributed by atoms with van der Waals surface area (Å²) in [5.41, 5.74) is 1.31. The van der Waals surface area contributed by atoms with Crippen molar-refractivity contribution in [2.24, 2.45) is 0 Å². The highest BCUT2D eigenvalue weighted by molar-refractivity contribution is 6.42. The van der Waals surface area contributed by atoms with Gasteiger partial charge >= 0.3 is 0 Å². The number of amides is 1. The van der Waals surface area contributed by atoms with Crippen LogP contribution < -0.4 is 0 Å². The molecule has 0 saturated carbocycles. The molecule has 0 aliphatic rings. The van der Waals surface area contributed by atoms with Gasteiger partial charge in [0.1, 0.15) is 6.54 Å². The molecule has 26 heavy (non-hydrogen) atoms. The van der Waals surface area contributed by atoms with Crippen LogP contribution in [0.3, 0.4) is 0 Å². The fraction of sp³-hybridized carbons (Fsp3) is 0.211. The van der Waals surface area contributed by atoms with Crippen molar-refractivity contribution in [2.45, 2.75) is 26.4 Å². The SMILES string of the molecule is CC(C)N(Cc1nc(-c2ccccc2)no1)C(=O)c1ccc(Cl)c(Cl)c1. The molecule has 3 aromatic rings. The summed E-state index contributed by atoms with van der Waals surface area (Å²) in [6.07, 6.45) is 0. The third-order valence-corrected chi connectivity index (χ3v) is 4.60. The zero-order valence-corrected chi connectivity index (χ0v) is 15.8. The number of benzene rings is 2. The Morgan fingerprint density at radius 3 is 2.50 bits per heavy atom. The minimum Gasteiger partial charge on any atom is -0.337 e. The van der Waals surface area contributed by atoms with Gasteiger partial charge in [-0.25, -0.2) is 0 Å². The second kappa shape index (κ2) is 7.89. The highest BCUT2D eigenvalue weighted by atomic mass is 35.5. The number of hydrogen-bond donors (Lipinski definition) is 0. The maximum absolute atomic E-state index is 12.9. The van der Waals surface area contributed by atoms with E-state index in [2.05, 4.69) is 10.1 Å². The fourth-order valence-corrected chi connectivity index (χ4v) is 2.75. The Balaban J connectivity index is 1.82. The first-order valence-corrected chi connectivity index (χ1v) is 8.85. The van der Waals surface area contributed by atoms with E-state index < -0.39 is 0 Å². The van der Waals surface area contributed by atoms with Crippen LogP contribution in [0.1, 0.15) is 30.1 Å². The van der Waals surface area contributed by atoms with Crippen LogP contribution in [-0.4, -0.2) is 27.0 Å². The Bertz CT molecular complexity index is 910. The first-order chi connectivity index (χ1) is 12.5. The number of rotatable bonds is 5. The summed E-state index contributed by atoms with van der Waals surface area (Å²) in [5.74, 6) is 0.676. The Hall–Kier alpha value is -2.37. The molecule has 0 atom stereocenters. The molecular weight excluding hydrogens is 373 g/mol. The lowest BCUT2D eigenvalue weighted by Gasteiger charge is -2.25. The maximum Gasteiger partial charge on any atom is 0.254 e. The molecule has 5 nitrogen and oxygen atoms in total. The third-order valence-electron chi connectivity index (χ3n) is 3.86. The van der Waals surface area contributed by atoms with Crippen LogP contribution in [-0.2, 0) is 6.54 Å². The van der Waals surface area contributed by atoms with Gasteiger partial charge in [-0.15, -0.1) is 0 Å². The average molecular weight is 390 g/mol. The van der Waals surface area contributed by atoms with E-state index >= 15 is 0 Å². The normalized spacial score (nSPS) is 11.0. The van der Waals surface area contributed by atoms with E-state index in [4.69, 9.17) is 27.7 Å². The van der Waals surface area contributed by atoms with Crippen LogP contribution in [0.25, 0.3) is 11.4 Å². The lowest BCUT2D eigenvalue weighted by Crippen LogP contribution is -2.36. The molecule has 0 unspecified atom stereocenters. The fourth-order valence-electron chi connectivity index (χ4n) is 2.45. The van der Waals surface area contributed by atoms with Gasteiger partial charge in [0.25, 0.3) is 5.91 Å². The Morgan fingerprint density at radius 1 is 1.12 bits per heavy atom. The highest BCUT2D eigenvalue weighted by Crippen LogP contribution is 2.24. The number of nitrogens with zero attached hydrogens (tertiary/aromatic N) is 3. The van der Waals surface area contributed by atoms with Crippen molar-refractivity contribution < 1.29 is 9.32 Å². The summed E-state index contributed by atoms with van der Waals surface area (Å²) < 4.78 is 5.33. The van der Waals surface area contributed by atoms with Gasteiger partial charge in [0.05, 0.1) is 10.0 Å². The van der Waals surface area contributed by atoms with E-state index in [-0.39, 0.29) is 18.5 Å². The zero-order valence-electron chi connectivity index (χ0n) is 14.3. The smallest absolute Gasteiger partial charge is 0.254 e. The van der Waals surface area contributed by atoms with Crippen LogP contribution in [0.2, 0.25) is 10.0 Å². The molecule has 3 rings (SSSR count). The van der Waals surface area contributed by atoms with Crippen molar-refractivity contribution in [3.63, 3.8) is 0 Å². The molecule has 0 fully saturated rings. The zero-order chi connectivity index (χ0) is 18.7. The molecule has 0 radical (unpaired) electrons. The van der Waals surface area contributed by atoms with Crippen LogP contribution in [0.5, 0.6) is 0 Å². The molecule has 1 aromatic heterocycles. The molecule has 0 aliphatic carbocycles. The lowest BCUT2D eigenvalue weighted by atomic mass is 10.1. The number of hydrogen-bond acceptors (Lipinski definition) is 4. The predicted octanol–water partition coefficient (Wildman–Crippen LogP) is 5.09. The summed E-state index contributed by atoms with van der Waals surface area (Å²) in [6, 6.07) is 14.3. The van der Waals surface area contributed by atoms with Crippen molar-refractivity contribution >= 4 is 29.1 Å². The quantitative estimate of drug-likeness (QED) is 0.609. The Morgan fingerprint density at radius 2 is 1.85 bits per heavy atom. The minimum absolute atomic E-state index is 0.0657. The molecule has 0 bridgehead atoms. The highest BCUT2D eigenvalue weighted by Gasteiger charge is 2.22. The van der Waals surface area contributed by atoms with E-state index in [9.17, 15) is 4.79 Å². The van der Waals surface area contributed by atoms with Crippen molar-refractivity contribution in [2.75, 3.05) is 0 Å². The molecular formula is C19H17Cl2N3O2. The number of carbonyl (C=O) groups is 1. The number of aromatic nitrogens is 2. The van der Waals surface area contributed by atoms with Crippen molar-refractivity contribution in [1.29, 1.82) is 0 Å². The number of halogens is 2. The maximum atomic E-state index is 12.9. The molecule has 134 valence electrons. The van der Waals surface area contributed by atoms with E-state index in [1.807, 2.05) is 44.2 Å². The van der Waals surface area contributed by atoms with E-state index in [1.165, 1.54) is 0 Å². The monoisotopic (exact) mass is 389 g/mol. The van der Waals surface area contributed by atoms with Crippen LogP contribution >= 0.6 is 23.2 Å². The lowest BCUT2D eigenvalue weighted by molar-refractivity contribution is 0.0667. The van der Waals surface area contributed by atoms with Gasteiger partial charge in [-0.1, -0.05) is 58.7 Å². The molecule has 7 heteroatoms. The van der Waals surface area contributed by atoms with Gasteiger partial charge in [0, 0.05) is 17.2 Å². The molecule has 0 saturated heterocycles.